The highest BCUT2D eigenvalue weighted by Crippen LogP contribution is 2.28. The van der Waals surface area contributed by atoms with E-state index in [4.69, 9.17) is 5.73 Å². The van der Waals surface area contributed by atoms with Crippen LogP contribution in [0.3, 0.4) is 0 Å². The van der Waals surface area contributed by atoms with E-state index in [1.807, 2.05) is 30.1 Å². The fourth-order valence-electron chi connectivity index (χ4n) is 2.05. The number of carbonyl (C=O) groups is 1. The van der Waals surface area contributed by atoms with Gasteiger partial charge in [0.2, 0.25) is 5.91 Å². The number of carbonyl (C=O) groups excluding carboxylic acids is 1. The molecule has 0 radical (unpaired) electrons. The first-order valence-corrected chi connectivity index (χ1v) is 4.80. The molecule has 74 valence electrons. The van der Waals surface area contributed by atoms with Crippen LogP contribution in [0.5, 0.6) is 0 Å². The zero-order chi connectivity index (χ0) is 10.1. The number of nitrogens with zero attached hydrogens (tertiary/aromatic N) is 1. The maximum absolute atomic E-state index is 11.2. The van der Waals surface area contributed by atoms with Gasteiger partial charge in [-0.1, -0.05) is 18.2 Å². The van der Waals surface area contributed by atoms with Crippen LogP contribution in [-0.4, -0.2) is 19.0 Å². The van der Waals surface area contributed by atoms with Crippen molar-refractivity contribution in [1.82, 2.24) is 0 Å². The minimum atomic E-state index is -0.234. The molecular formula is C11H14N2O. The molecule has 14 heavy (non-hydrogen) atoms. The second-order valence-corrected chi connectivity index (χ2v) is 3.70. The molecular weight excluding hydrogens is 176 g/mol. The van der Waals surface area contributed by atoms with Gasteiger partial charge in [0.25, 0.3) is 0 Å². The summed E-state index contributed by atoms with van der Waals surface area (Å²) in [5, 5.41) is 0. The van der Waals surface area contributed by atoms with Crippen LogP contribution < -0.4 is 10.6 Å². The average Bonchev–Trinajstić information content (AvgIpc) is 2.18. The van der Waals surface area contributed by atoms with Gasteiger partial charge >= 0.3 is 0 Å². The Morgan fingerprint density at radius 3 is 2.93 bits per heavy atom. The van der Waals surface area contributed by atoms with Crippen LogP contribution in [0, 0.1) is 0 Å². The van der Waals surface area contributed by atoms with Gasteiger partial charge in [-0.05, 0) is 24.5 Å². The standard InChI is InChI=1S/C11H14N2O/c1-13-9-5-3-2-4-8(9)6-7-10(13)11(12)14/h2-5,10H,6-7H2,1H3,(H2,12,14)/t10-/m0/s1. The first-order chi connectivity index (χ1) is 6.70. The Kier molecular flexibility index (Phi) is 2.15. The van der Waals surface area contributed by atoms with E-state index in [0.717, 1.165) is 18.5 Å². The maximum atomic E-state index is 11.2. The summed E-state index contributed by atoms with van der Waals surface area (Å²) in [5.74, 6) is -0.234. The molecule has 3 nitrogen and oxygen atoms in total. The number of anilines is 1. The summed E-state index contributed by atoms with van der Waals surface area (Å²) in [6.07, 6.45) is 1.76. The van der Waals surface area contributed by atoms with Crippen LogP contribution in [-0.2, 0) is 11.2 Å². The minimum Gasteiger partial charge on any atom is -0.368 e. The van der Waals surface area contributed by atoms with E-state index in [0.29, 0.717) is 0 Å². The SMILES string of the molecule is CN1c2ccccc2CC[C@H]1C(N)=O. The number of hydrogen-bond acceptors (Lipinski definition) is 2. The summed E-state index contributed by atoms with van der Waals surface area (Å²) in [5.41, 5.74) is 7.76. The molecule has 2 N–H and O–H groups in total. The quantitative estimate of drug-likeness (QED) is 0.716. The number of fused-ring (bicyclic) bond motifs is 1. The lowest BCUT2D eigenvalue weighted by atomic mass is 9.96. The van der Waals surface area contributed by atoms with Crippen LogP contribution in [0.4, 0.5) is 5.69 Å². The van der Waals surface area contributed by atoms with Crippen LogP contribution in [0.2, 0.25) is 0 Å². The third kappa shape index (κ3) is 1.35. The van der Waals surface area contributed by atoms with Gasteiger partial charge in [0.1, 0.15) is 6.04 Å². The molecule has 0 unspecified atom stereocenters. The molecule has 1 atom stereocenters. The molecule has 0 aromatic heterocycles. The molecule has 1 aliphatic rings. The zero-order valence-corrected chi connectivity index (χ0v) is 8.23. The van der Waals surface area contributed by atoms with Crippen molar-refractivity contribution in [3.63, 3.8) is 0 Å². The summed E-state index contributed by atoms with van der Waals surface area (Å²) in [6.45, 7) is 0. The van der Waals surface area contributed by atoms with E-state index in [9.17, 15) is 4.79 Å². The lowest BCUT2D eigenvalue weighted by Crippen LogP contribution is -2.45. The Morgan fingerprint density at radius 1 is 1.50 bits per heavy atom. The van der Waals surface area contributed by atoms with E-state index in [2.05, 4.69) is 6.07 Å². The lowest BCUT2D eigenvalue weighted by Gasteiger charge is -2.33. The normalized spacial score (nSPS) is 20.4. The van der Waals surface area contributed by atoms with Crippen molar-refractivity contribution in [2.45, 2.75) is 18.9 Å². The third-order valence-electron chi connectivity index (χ3n) is 2.85. The fourth-order valence-corrected chi connectivity index (χ4v) is 2.05. The van der Waals surface area contributed by atoms with E-state index in [-0.39, 0.29) is 11.9 Å². The Bertz CT molecular complexity index is 362. The van der Waals surface area contributed by atoms with Gasteiger partial charge in [0.05, 0.1) is 0 Å². The molecule has 0 spiro atoms. The van der Waals surface area contributed by atoms with Crippen LogP contribution >= 0.6 is 0 Å². The molecule has 0 bridgehead atoms. The van der Waals surface area contributed by atoms with Crippen molar-refractivity contribution < 1.29 is 4.79 Å². The molecule has 3 heteroatoms. The second-order valence-electron chi connectivity index (χ2n) is 3.70. The highest BCUT2D eigenvalue weighted by molar-refractivity contribution is 5.84. The Hall–Kier alpha value is -1.51. The van der Waals surface area contributed by atoms with Crippen LogP contribution in [0.25, 0.3) is 0 Å². The summed E-state index contributed by atoms with van der Waals surface area (Å²) in [4.78, 5) is 13.1. The van der Waals surface area contributed by atoms with Crippen molar-refractivity contribution in [2.75, 3.05) is 11.9 Å². The Balaban J connectivity index is 2.36. The summed E-state index contributed by atoms with van der Waals surface area (Å²) in [7, 11) is 1.92. The van der Waals surface area contributed by atoms with E-state index in [1.165, 1.54) is 5.56 Å². The third-order valence-corrected chi connectivity index (χ3v) is 2.85. The highest BCUT2D eigenvalue weighted by atomic mass is 16.1. The number of nitrogens with two attached hydrogens (primary N) is 1. The number of primary amides is 1. The van der Waals surface area contributed by atoms with Crippen LogP contribution in [0.1, 0.15) is 12.0 Å². The second kappa shape index (κ2) is 3.33. The molecule has 1 heterocycles. The lowest BCUT2D eigenvalue weighted by molar-refractivity contribution is -0.119. The van der Waals surface area contributed by atoms with Gasteiger partial charge in [-0.2, -0.15) is 0 Å². The van der Waals surface area contributed by atoms with Crippen molar-refractivity contribution >= 4 is 11.6 Å². The number of benzene rings is 1. The fraction of sp³-hybridized carbons (Fsp3) is 0.364. The molecule has 2 rings (SSSR count). The van der Waals surface area contributed by atoms with E-state index in [1.54, 1.807) is 0 Å². The van der Waals surface area contributed by atoms with Gasteiger partial charge in [-0.15, -0.1) is 0 Å². The monoisotopic (exact) mass is 190 g/mol. The molecule has 0 saturated carbocycles. The minimum absolute atomic E-state index is 0.148. The van der Waals surface area contributed by atoms with Crippen molar-refractivity contribution in [3.05, 3.63) is 29.8 Å². The van der Waals surface area contributed by atoms with Crippen LogP contribution in [0.15, 0.2) is 24.3 Å². The molecule has 0 fully saturated rings. The smallest absolute Gasteiger partial charge is 0.240 e. The zero-order valence-electron chi connectivity index (χ0n) is 8.23. The number of para-hydroxylation sites is 1. The number of likely N-dealkylation sites (N-methyl/N-ethyl adjacent to an activating group) is 1. The number of amides is 1. The predicted octanol–water partition coefficient (Wildman–Crippen LogP) is 0.923. The first-order valence-electron chi connectivity index (χ1n) is 4.80. The number of rotatable bonds is 1. The number of aryl methyl sites for hydroxylation is 1. The van der Waals surface area contributed by atoms with Gasteiger partial charge in [-0.3, -0.25) is 4.79 Å². The van der Waals surface area contributed by atoms with Gasteiger partial charge in [-0.25, -0.2) is 0 Å². The molecule has 1 aromatic rings. The molecule has 0 aliphatic carbocycles. The van der Waals surface area contributed by atoms with Gasteiger partial charge < -0.3 is 10.6 Å². The van der Waals surface area contributed by atoms with E-state index < -0.39 is 0 Å². The number of hydrogen-bond donors (Lipinski definition) is 1. The van der Waals surface area contributed by atoms with Crippen molar-refractivity contribution in [1.29, 1.82) is 0 Å². The molecule has 1 aromatic carbocycles. The Labute approximate surface area is 83.5 Å². The van der Waals surface area contributed by atoms with Crippen molar-refractivity contribution in [2.24, 2.45) is 5.73 Å². The van der Waals surface area contributed by atoms with E-state index >= 15 is 0 Å². The first kappa shape index (κ1) is 9.06. The summed E-state index contributed by atoms with van der Waals surface area (Å²) >= 11 is 0. The largest absolute Gasteiger partial charge is 0.368 e. The van der Waals surface area contributed by atoms with Crippen molar-refractivity contribution in [3.8, 4) is 0 Å². The molecule has 0 saturated heterocycles. The maximum Gasteiger partial charge on any atom is 0.240 e. The predicted molar refractivity (Wildman–Crippen MR) is 56.1 cm³/mol. The summed E-state index contributed by atoms with van der Waals surface area (Å²) < 4.78 is 0. The summed E-state index contributed by atoms with van der Waals surface area (Å²) in [6, 6.07) is 7.99. The van der Waals surface area contributed by atoms with Gasteiger partial charge in [0.15, 0.2) is 0 Å². The molecule has 1 aliphatic heterocycles. The van der Waals surface area contributed by atoms with Gasteiger partial charge in [0, 0.05) is 12.7 Å². The molecule has 1 amide bonds. The Morgan fingerprint density at radius 2 is 2.21 bits per heavy atom. The topological polar surface area (TPSA) is 46.3 Å². The highest BCUT2D eigenvalue weighted by Gasteiger charge is 2.26. The average molecular weight is 190 g/mol.